The largest absolute Gasteiger partial charge is 0.480 e. The zero-order valence-corrected chi connectivity index (χ0v) is 6.98. The van der Waals surface area contributed by atoms with E-state index in [4.69, 9.17) is 10.2 Å². The molecule has 0 radical (unpaired) electrons. The summed E-state index contributed by atoms with van der Waals surface area (Å²) in [4.78, 5) is 21.1. The molecule has 4 nitrogen and oxygen atoms in total. The van der Waals surface area contributed by atoms with Gasteiger partial charge in [0.1, 0.15) is 5.82 Å². The molecule has 0 aliphatic heterocycles. The van der Waals surface area contributed by atoms with Crippen molar-refractivity contribution >= 4 is 11.9 Å². The summed E-state index contributed by atoms with van der Waals surface area (Å²) in [6.07, 6.45) is 0. The van der Waals surface area contributed by atoms with Gasteiger partial charge in [0.25, 0.3) is 0 Å². The van der Waals surface area contributed by atoms with Gasteiger partial charge < -0.3 is 10.2 Å². The fraction of sp³-hybridized carbons (Fsp3) is 0.111. The molecule has 1 rings (SSSR count). The van der Waals surface area contributed by atoms with Gasteiger partial charge in [-0.1, -0.05) is 12.1 Å². The first-order chi connectivity index (χ1) is 6.52. The summed E-state index contributed by atoms with van der Waals surface area (Å²) in [6.45, 7) is 0. The van der Waals surface area contributed by atoms with Gasteiger partial charge in [0.05, 0.1) is 0 Å². The van der Waals surface area contributed by atoms with E-state index in [0.29, 0.717) is 0 Å². The summed E-state index contributed by atoms with van der Waals surface area (Å²) in [5, 5.41) is 17.2. The van der Waals surface area contributed by atoms with E-state index in [9.17, 15) is 14.0 Å². The number of benzene rings is 1. The highest BCUT2D eigenvalue weighted by Crippen LogP contribution is 2.16. The summed E-state index contributed by atoms with van der Waals surface area (Å²) in [6, 6.07) is 4.33. The molecule has 0 aliphatic rings. The maximum absolute atomic E-state index is 12.5. The highest BCUT2D eigenvalue weighted by Gasteiger charge is 2.27. The first kappa shape index (κ1) is 10.2. The van der Waals surface area contributed by atoms with Crippen LogP contribution in [0, 0.1) is 5.82 Å². The zero-order valence-electron chi connectivity index (χ0n) is 6.98. The molecule has 0 unspecified atom stereocenters. The van der Waals surface area contributed by atoms with Crippen molar-refractivity contribution in [3.8, 4) is 0 Å². The number of carboxylic acids is 2. The molecule has 0 aliphatic carbocycles. The van der Waals surface area contributed by atoms with E-state index < -0.39 is 23.7 Å². The van der Waals surface area contributed by atoms with Crippen molar-refractivity contribution in [2.75, 3.05) is 0 Å². The van der Waals surface area contributed by atoms with Crippen LogP contribution in [0.4, 0.5) is 4.39 Å². The molecular formula is C9H7FO4. The Labute approximate surface area is 78.6 Å². The maximum Gasteiger partial charge on any atom is 0.322 e. The summed E-state index contributed by atoms with van der Waals surface area (Å²) in [7, 11) is 0. The quantitative estimate of drug-likeness (QED) is 0.712. The van der Waals surface area contributed by atoms with Crippen molar-refractivity contribution in [1.82, 2.24) is 0 Å². The lowest BCUT2D eigenvalue weighted by Crippen LogP contribution is -2.20. The van der Waals surface area contributed by atoms with Gasteiger partial charge in [0.15, 0.2) is 5.92 Å². The molecule has 0 spiro atoms. The van der Waals surface area contributed by atoms with E-state index in [1.807, 2.05) is 0 Å². The molecule has 74 valence electrons. The van der Waals surface area contributed by atoms with Gasteiger partial charge >= 0.3 is 11.9 Å². The van der Waals surface area contributed by atoms with Gasteiger partial charge in [-0.15, -0.1) is 0 Å². The van der Waals surface area contributed by atoms with E-state index in [2.05, 4.69) is 0 Å². The van der Waals surface area contributed by atoms with Gasteiger partial charge in [0.2, 0.25) is 0 Å². The molecule has 0 saturated carbocycles. The van der Waals surface area contributed by atoms with Gasteiger partial charge in [0, 0.05) is 0 Å². The molecule has 0 amide bonds. The van der Waals surface area contributed by atoms with Crippen molar-refractivity contribution in [1.29, 1.82) is 0 Å². The standard InChI is InChI=1S/C9H7FO4/c10-6-3-1-5(2-4-6)7(8(11)12)9(13)14/h1-4,7H,(H,11,12)(H,13,14). The topological polar surface area (TPSA) is 74.6 Å². The molecular weight excluding hydrogens is 191 g/mol. The van der Waals surface area contributed by atoms with E-state index in [1.54, 1.807) is 0 Å². The second-order valence-electron chi connectivity index (χ2n) is 2.66. The molecule has 0 atom stereocenters. The average Bonchev–Trinajstić information content (AvgIpc) is 2.07. The van der Waals surface area contributed by atoms with Crippen LogP contribution in [0.3, 0.4) is 0 Å². The van der Waals surface area contributed by atoms with Gasteiger partial charge in [-0.05, 0) is 17.7 Å². The van der Waals surface area contributed by atoms with Crippen molar-refractivity contribution in [3.63, 3.8) is 0 Å². The van der Waals surface area contributed by atoms with Crippen molar-refractivity contribution in [2.24, 2.45) is 0 Å². The second kappa shape index (κ2) is 3.87. The molecule has 1 aromatic rings. The third-order valence-electron chi connectivity index (χ3n) is 1.70. The van der Waals surface area contributed by atoms with Crippen LogP contribution >= 0.6 is 0 Å². The lowest BCUT2D eigenvalue weighted by molar-refractivity contribution is -0.150. The van der Waals surface area contributed by atoms with Gasteiger partial charge in [-0.3, -0.25) is 9.59 Å². The Morgan fingerprint density at radius 3 is 1.86 bits per heavy atom. The van der Waals surface area contributed by atoms with Crippen LogP contribution in [-0.2, 0) is 9.59 Å². The summed E-state index contributed by atoms with van der Waals surface area (Å²) in [5.41, 5.74) is 0.0476. The lowest BCUT2D eigenvalue weighted by Gasteiger charge is -2.06. The van der Waals surface area contributed by atoms with Crippen LogP contribution in [0.25, 0.3) is 0 Å². The summed E-state index contributed by atoms with van der Waals surface area (Å²) < 4.78 is 12.5. The number of hydrogen-bond acceptors (Lipinski definition) is 2. The van der Waals surface area contributed by atoms with E-state index in [1.165, 1.54) is 0 Å². The van der Waals surface area contributed by atoms with E-state index in [-0.39, 0.29) is 5.56 Å². The Morgan fingerprint density at radius 1 is 1.07 bits per heavy atom. The average molecular weight is 198 g/mol. The second-order valence-corrected chi connectivity index (χ2v) is 2.66. The Morgan fingerprint density at radius 2 is 1.50 bits per heavy atom. The molecule has 0 bridgehead atoms. The molecule has 2 N–H and O–H groups in total. The Bertz CT molecular complexity index is 344. The minimum atomic E-state index is -1.64. The minimum absolute atomic E-state index is 0.0476. The van der Waals surface area contributed by atoms with Gasteiger partial charge in [-0.2, -0.15) is 0 Å². The normalized spacial score (nSPS) is 10.1. The third kappa shape index (κ3) is 2.07. The third-order valence-corrected chi connectivity index (χ3v) is 1.70. The highest BCUT2D eigenvalue weighted by atomic mass is 19.1. The molecule has 0 aromatic heterocycles. The molecule has 5 heteroatoms. The van der Waals surface area contributed by atoms with Crippen molar-refractivity contribution in [3.05, 3.63) is 35.6 Å². The first-order valence-corrected chi connectivity index (χ1v) is 3.73. The number of carboxylic acid groups (broad SMARTS) is 2. The predicted molar refractivity (Wildman–Crippen MR) is 44.4 cm³/mol. The van der Waals surface area contributed by atoms with Crippen LogP contribution in [0.1, 0.15) is 11.5 Å². The smallest absolute Gasteiger partial charge is 0.322 e. The highest BCUT2D eigenvalue weighted by molar-refractivity contribution is 5.98. The number of rotatable bonds is 3. The Hall–Kier alpha value is -1.91. The summed E-state index contributed by atoms with van der Waals surface area (Å²) in [5.74, 6) is -5.12. The fourth-order valence-electron chi connectivity index (χ4n) is 1.05. The van der Waals surface area contributed by atoms with Crippen LogP contribution in [0.2, 0.25) is 0 Å². The van der Waals surface area contributed by atoms with E-state index >= 15 is 0 Å². The first-order valence-electron chi connectivity index (χ1n) is 3.73. The summed E-state index contributed by atoms with van der Waals surface area (Å²) >= 11 is 0. The number of carbonyl (C=O) groups is 2. The molecule has 0 saturated heterocycles. The molecule has 0 fully saturated rings. The van der Waals surface area contributed by atoms with Gasteiger partial charge in [-0.25, -0.2) is 4.39 Å². The van der Waals surface area contributed by atoms with Crippen molar-refractivity contribution < 1.29 is 24.2 Å². The van der Waals surface area contributed by atoms with E-state index in [0.717, 1.165) is 24.3 Å². The van der Waals surface area contributed by atoms with Crippen LogP contribution in [0.5, 0.6) is 0 Å². The molecule has 1 aromatic carbocycles. The molecule has 14 heavy (non-hydrogen) atoms. The Kier molecular flexibility index (Phi) is 2.81. The Balaban J connectivity index is 3.06. The van der Waals surface area contributed by atoms with Crippen LogP contribution < -0.4 is 0 Å². The monoisotopic (exact) mass is 198 g/mol. The van der Waals surface area contributed by atoms with Crippen LogP contribution in [0.15, 0.2) is 24.3 Å². The van der Waals surface area contributed by atoms with Crippen molar-refractivity contribution in [2.45, 2.75) is 5.92 Å². The number of halogens is 1. The van der Waals surface area contributed by atoms with Crippen LogP contribution in [-0.4, -0.2) is 22.2 Å². The number of aliphatic carboxylic acids is 2. The molecule has 0 heterocycles. The predicted octanol–water partition coefficient (Wildman–Crippen LogP) is 1.08. The lowest BCUT2D eigenvalue weighted by atomic mass is 10.00. The number of hydrogen-bond donors (Lipinski definition) is 2. The SMILES string of the molecule is O=C(O)C(C(=O)O)c1ccc(F)cc1. The maximum atomic E-state index is 12.5. The fourth-order valence-corrected chi connectivity index (χ4v) is 1.05. The minimum Gasteiger partial charge on any atom is -0.480 e. The zero-order chi connectivity index (χ0) is 10.7.